The van der Waals surface area contributed by atoms with Gasteiger partial charge in [-0.2, -0.15) is 0 Å². The number of carbonyl (C=O) groups is 3. The van der Waals surface area contributed by atoms with Gasteiger partial charge < -0.3 is 14.8 Å². The van der Waals surface area contributed by atoms with Crippen LogP contribution in [0.2, 0.25) is 0 Å². The first-order valence-corrected chi connectivity index (χ1v) is 11.7. The largest absolute Gasteiger partial charge is 0.493 e. The van der Waals surface area contributed by atoms with Crippen molar-refractivity contribution in [2.45, 2.75) is 26.9 Å². The number of aryl methyl sites for hydroxylation is 1. The third-order valence-electron chi connectivity index (χ3n) is 4.41. The van der Waals surface area contributed by atoms with Crippen LogP contribution in [0.15, 0.2) is 41.3 Å². The summed E-state index contributed by atoms with van der Waals surface area (Å²) in [5.74, 6) is 0.217. The summed E-state index contributed by atoms with van der Waals surface area (Å²) in [6.45, 7) is 5.44. The second-order valence-electron chi connectivity index (χ2n) is 7.38. The number of methoxy groups -OCH3 is 1. The molecule has 0 atom stereocenters. The van der Waals surface area contributed by atoms with Gasteiger partial charge in [-0.25, -0.2) is 0 Å². The number of ether oxygens (including phenoxy) is 2. The van der Waals surface area contributed by atoms with Gasteiger partial charge in [0.25, 0.3) is 11.1 Å². The molecule has 7 nitrogen and oxygen atoms in total. The van der Waals surface area contributed by atoms with Gasteiger partial charge in [-0.1, -0.05) is 17.7 Å². The van der Waals surface area contributed by atoms with Gasteiger partial charge in [-0.05, 0) is 91.0 Å². The minimum absolute atomic E-state index is 0.0224. The van der Waals surface area contributed by atoms with Crippen molar-refractivity contribution >= 4 is 63.2 Å². The Labute approximate surface area is 204 Å². The molecule has 0 unspecified atom stereocenters. The lowest BCUT2D eigenvalue weighted by Gasteiger charge is -2.16. The van der Waals surface area contributed by atoms with Gasteiger partial charge in [0.2, 0.25) is 5.91 Å². The molecule has 0 radical (unpaired) electrons. The monoisotopic (exact) mass is 566 g/mol. The van der Waals surface area contributed by atoms with E-state index in [1.54, 1.807) is 31.4 Å². The Morgan fingerprint density at radius 1 is 1.22 bits per heavy atom. The molecule has 2 aromatic carbocycles. The van der Waals surface area contributed by atoms with Crippen molar-refractivity contribution in [1.29, 1.82) is 0 Å². The number of imide groups is 1. The highest BCUT2D eigenvalue weighted by Crippen LogP contribution is 2.37. The Hall–Kier alpha value is -2.53. The Morgan fingerprint density at radius 2 is 1.91 bits per heavy atom. The molecule has 168 valence electrons. The van der Waals surface area contributed by atoms with E-state index in [1.165, 1.54) is 0 Å². The molecule has 3 amide bonds. The Balaban J connectivity index is 1.75. The highest BCUT2D eigenvalue weighted by molar-refractivity contribution is 14.1. The third kappa shape index (κ3) is 5.83. The summed E-state index contributed by atoms with van der Waals surface area (Å²) in [6.07, 6.45) is 1.60. The summed E-state index contributed by atoms with van der Waals surface area (Å²) in [7, 11) is 1.54. The van der Waals surface area contributed by atoms with Gasteiger partial charge in [0, 0.05) is 5.69 Å². The maximum atomic E-state index is 12.8. The summed E-state index contributed by atoms with van der Waals surface area (Å²) in [5.41, 5.74) is 2.36. The molecule has 0 aromatic heterocycles. The van der Waals surface area contributed by atoms with Crippen LogP contribution in [-0.4, -0.2) is 41.7 Å². The van der Waals surface area contributed by atoms with E-state index in [0.717, 1.165) is 25.8 Å². The highest BCUT2D eigenvalue weighted by Gasteiger charge is 2.36. The van der Waals surface area contributed by atoms with Gasteiger partial charge in [0.05, 0.1) is 21.7 Å². The summed E-state index contributed by atoms with van der Waals surface area (Å²) < 4.78 is 12.1. The highest BCUT2D eigenvalue weighted by atomic mass is 127. The fourth-order valence-corrected chi connectivity index (χ4v) is 4.53. The van der Waals surface area contributed by atoms with Crippen LogP contribution in [-0.2, 0) is 9.59 Å². The predicted octanol–water partition coefficient (Wildman–Crippen LogP) is 5.07. The fraction of sp³-hybridized carbons (Fsp3) is 0.261. The quantitative estimate of drug-likeness (QED) is 0.372. The van der Waals surface area contributed by atoms with Crippen LogP contribution < -0.4 is 14.8 Å². The average molecular weight is 566 g/mol. The minimum atomic E-state index is -0.504. The molecule has 0 saturated carbocycles. The zero-order valence-corrected chi connectivity index (χ0v) is 21.1. The lowest BCUT2D eigenvalue weighted by Crippen LogP contribution is -2.36. The predicted molar refractivity (Wildman–Crippen MR) is 134 cm³/mol. The molecule has 1 N–H and O–H groups in total. The molecule has 3 rings (SSSR count). The number of amides is 3. The first kappa shape index (κ1) is 24.1. The van der Waals surface area contributed by atoms with E-state index in [4.69, 9.17) is 9.47 Å². The van der Waals surface area contributed by atoms with Crippen molar-refractivity contribution in [3.05, 3.63) is 56.0 Å². The van der Waals surface area contributed by atoms with Gasteiger partial charge in [-0.15, -0.1) is 0 Å². The average Bonchev–Trinajstić information content (AvgIpc) is 2.98. The molecule has 32 heavy (non-hydrogen) atoms. The molecule has 0 aliphatic carbocycles. The van der Waals surface area contributed by atoms with Crippen molar-refractivity contribution in [2.75, 3.05) is 19.0 Å². The van der Waals surface area contributed by atoms with E-state index in [-0.39, 0.29) is 17.6 Å². The van der Waals surface area contributed by atoms with Crippen molar-refractivity contribution in [2.24, 2.45) is 0 Å². The second-order valence-corrected chi connectivity index (χ2v) is 9.54. The molecule has 9 heteroatoms. The number of thioether (sulfide) groups is 1. The Kier molecular flexibility index (Phi) is 7.83. The lowest BCUT2D eigenvalue weighted by molar-refractivity contribution is -0.127. The molecule has 2 aromatic rings. The molecular weight excluding hydrogens is 543 g/mol. The van der Waals surface area contributed by atoms with Gasteiger partial charge in [-0.3, -0.25) is 19.3 Å². The molecule has 0 spiro atoms. The SMILES string of the molecule is COc1cc(/C=C2\SC(=O)N(CC(=O)Nc3ccc(C)cc3)C2=O)cc(I)c1OC(C)C. The van der Waals surface area contributed by atoms with Crippen molar-refractivity contribution in [3.8, 4) is 11.5 Å². The standard InChI is InChI=1S/C23H23IN2O5S/c1-13(2)31-21-17(24)9-15(10-18(21)30-4)11-19-22(28)26(23(29)32-19)12-20(27)25-16-7-5-14(3)6-8-16/h5-11,13H,12H2,1-4H3,(H,25,27)/b19-11-. The van der Waals surface area contributed by atoms with E-state index < -0.39 is 17.1 Å². The van der Waals surface area contributed by atoms with E-state index in [1.807, 2.05) is 39.0 Å². The zero-order chi connectivity index (χ0) is 23.4. The van der Waals surface area contributed by atoms with Crippen LogP contribution in [0.3, 0.4) is 0 Å². The van der Waals surface area contributed by atoms with Gasteiger partial charge in [0.15, 0.2) is 11.5 Å². The van der Waals surface area contributed by atoms with Gasteiger partial charge in [0.1, 0.15) is 6.54 Å². The molecule has 1 fully saturated rings. The number of anilines is 1. The smallest absolute Gasteiger partial charge is 0.294 e. The maximum absolute atomic E-state index is 12.8. The van der Waals surface area contributed by atoms with Crippen molar-refractivity contribution < 1.29 is 23.9 Å². The van der Waals surface area contributed by atoms with E-state index in [0.29, 0.717) is 22.7 Å². The topological polar surface area (TPSA) is 84.9 Å². The summed E-state index contributed by atoms with van der Waals surface area (Å²) in [6, 6.07) is 10.9. The van der Waals surface area contributed by atoms with Crippen LogP contribution >= 0.6 is 34.4 Å². The van der Waals surface area contributed by atoms with Crippen molar-refractivity contribution in [1.82, 2.24) is 4.90 Å². The van der Waals surface area contributed by atoms with Crippen LogP contribution in [0.1, 0.15) is 25.0 Å². The molecule has 1 aliphatic rings. The summed E-state index contributed by atoms with van der Waals surface area (Å²) in [4.78, 5) is 38.7. The fourth-order valence-electron chi connectivity index (χ4n) is 2.94. The number of hydrogen-bond donors (Lipinski definition) is 1. The lowest BCUT2D eigenvalue weighted by atomic mass is 10.1. The first-order chi connectivity index (χ1) is 15.2. The summed E-state index contributed by atoms with van der Waals surface area (Å²) in [5, 5.41) is 2.22. The van der Waals surface area contributed by atoms with Gasteiger partial charge >= 0.3 is 0 Å². The van der Waals surface area contributed by atoms with E-state index in [9.17, 15) is 14.4 Å². The molecular formula is C23H23IN2O5S. The summed E-state index contributed by atoms with van der Waals surface area (Å²) >= 11 is 2.95. The van der Waals surface area contributed by atoms with Crippen molar-refractivity contribution in [3.63, 3.8) is 0 Å². The van der Waals surface area contributed by atoms with Crippen LogP contribution in [0.5, 0.6) is 11.5 Å². The van der Waals surface area contributed by atoms with Crippen LogP contribution in [0, 0.1) is 10.5 Å². The van der Waals surface area contributed by atoms with Crippen LogP contribution in [0.25, 0.3) is 6.08 Å². The van der Waals surface area contributed by atoms with Crippen LogP contribution in [0.4, 0.5) is 10.5 Å². The number of halogens is 1. The minimum Gasteiger partial charge on any atom is -0.493 e. The molecule has 1 heterocycles. The number of carbonyl (C=O) groups excluding carboxylic acids is 3. The zero-order valence-electron chi connectivity index (χ0n) is 18.1. The molecule has 0 bridgehead atoms. The number of nitrogens with zero attached hydrogens (tertiary/aromatic N) is 1. The number of nitrogens with one attached hydrogen (secondary N) is 1. The normalized spacial score (nSPS) is 14.9. The third-order valence-corrected chi connectivity index (χ3v) is 6.12. The molecule has 1 saturated heterocycles. The maximum Gasteiger partial charge on any atom is 0.294 e. The number of rotatable bonds is 7. The number of hydrogen-bond acceptors (Lipinski definition) is 6. The number of benzene rings is 2. The second kappa shape index (κ2) is 10.4. The van der Waals surface area contributed by atoms with E-state index in [2.05, 4.69) is 27.9 Å². The Morgan fingerprint density at radius 3 is 2.53 bits per heavy atom. The molecule has 1 aliphatic heterocycles. The Bertz CT molecular complexity index is 1080. The first-order valence-electron chi connectivity index (χ1n) is 9.84. The van der Waals surface area contributed by atoms with E-state index >= 15 is 0 Å².